The molecule has 2 aromatic rings. The molecule has 2 N–H and O–H groups in total. The van der Waals surface area contributed by atoms with E-state index in [0.717, 1.165) is 17.9 Å². The molecule has 0 atom stereocenters. The van der Waals surface area contributed by atoms with Crippen LogP contribution in [-0.2, 0) is 13.0 Å². The average Bonchev–Trinajstić information content (AvgIpc) is 2.44. The minimum atomic E-state index is -0.0399. The number of nitrogens with two attached hydrogens (primary N) is 1. The van der Waals surface area contributed by atoms with E-state index in [4.69, 9.17) is 10.5 Å². The van der Waals surface area contributed by atoms with E-state index in [1.54, 1.807) is 4.57 Å². The van der Waals surface area contributed by atoms with Crippen molar-refractivity contribution >= 4 is 0 Å². The normalized spacial score (nSPS) is 10.6. The summed E-state index contributed by atoms with van der Waals surface area (Å²) in [5.74, 6) is 1.50. The number of nitrogens with zero attached hydrogens (tertiary/aromatic N) is 2. The van der Waals surface area contributed by atoms with E-state index < -0.39 is 0 Å². The number of aromatic nitrogens is 2. The molecule has 0 saturated carbocycles. The Morgan fingerprint density at radius 2 is 1.95 bits per heavy atom. The third-order valence-corrected chi connectivity index (χ3v) is 3.27. The zero-order chi connectivity index (χ0) is 15.2. The van der Waals surface area contributed by atoms with Crippen molar-refractivity contribution in [2.45, 2.75) is 26.8 Å². The predicted molar refractivity (Wildman–Crippen MR) is 82.7 cm³/mol. The Balaban J connectivity index is 1.94. The van der Waals surface area contributed by atoms with E-state index in [2.05, 4.69) is 4.98 Å². The summed E-state index contributed by atoms with van der Waals surface area (Å²) in [6.07, 6.45) is 0.865. The van der Waals surface area contributed by atoms with Crippen LogP contribution in [0.1, 0.15) is 17.1 Å². The van der Waals surface area contributed by atoms with Crippen LogP contribution >= 0.6 is 0 Å². The molecule has 0 radical (unpaired) electrons. The summed E-state index contributed by atoms with van der Waals surface area (Å²) in [6, 6.07) is 9.40. The predicted octanol–water partition coefficient (Wildman–Crippen LogP) is 1.44. The van der Waals surface area contributed by atoms with Crippen molar-refractivity contribution in [2.24, 2.45) is 5.73 Å². The molecule has 2 rings (SSSR count). The first-order chi connectivity index (χ1) is 10.1. The highest BCUT2D eigenvalue weighted by Crippen LogP contribution is 2.12. The Hall–Kier alpha value is -2.14. The van der Waals surface area contributed by atoms with E-state index >= 15 is 0 Å². The first kappa shape index (κ1) is 15.3. The molecule has 5 heteroatoms. The summed E-state index contributed by atoms with van der Waals surface area (Å²) >= 11 is 0. The second-order valence-corrected chi connectivity index (χ2v) is 4.97. The lowest BCUT2D eigenvalue weighted by atomic mass is 10.1. The fourth-order valence-corrected chi connectivity index (χ4v) is 2.21. The number of rotatable bonds is 6. The standard InChI is InChI=1S/C16H21N3O2/c1-12-11-16(20)19(13(2)18-12)9-10-21-15-5-3-14(4-6-15)7-8-17/h3-6,11H,7-10,17H2,1-2H3. The molecule has 0 aliphatic rings. The van der Waals surface area contributed by atoms with Crippen LogP contribution in [0.2, 0.25) is 0 Å². The zero-order valence-electron chi connectivity index (χ0n) is 12.5. The van der Waals surface area contributed by atoms with Crippen LogP contribution in [0.25, 0.3) is 0 Å². The number of aryl methyl sites for hydroxylation is 2. The Labute approximate surface area is 124 Å². The Bertz CT molecular complexity index is 648. The molecule has 1 aromatic carbocycles. The van der Waals surface area contributed by atoms with Crippen molar-refractivity contribution in [1.29, 1.82) is 0 Å². The summed E-state index contributed by atoms with van der Waals surface area (Å²) in [5, 5.41) is 0. The number of hydrogen-bond donors (Lipinski definition) is 1. The molecule has 112 valence electrons. The summed E-state index contributed by atoms with van der Waals surface area (Å²) in [4.78, 5) is 16.2. The maximum atomic E-state index is 11.9. The van der Waals surface area contributed by atoms with Crippen LogP contribution in [0, 0.1) is 13.8 Å². The third kappa shape index (κ3) is 4.16. The number of hydrogen-bond acceptors (Lipinski definition) is 4. The molecule has 0 saturated heterocycles. The van der Waals surface area contributed by atoms with Crippen LogP contribution in [0.15, 0.2) is 35.1 Å². The molecule has 0 bridgehead atoms. The van der Waals surface area contributed by atoms with Gasteiger partial charge in [-0.3, -0.25) is 9.36 Å². The summed E-state index contributed by atoms with van der Waals surface area (Å²) < 4.78 is 7.29. The van der Waals surface area contributed by atoms with Gasteiger partial charge >= 0.3 is 0 Å². The minimum Gasteiger partial charge on any atom is -0.492 e. The lowest BCUT2D eigenvalue weighted by Crippen LogP contribution is -2.26. The Morgan fingerprint density at radius 1 is 1.24 bits per heavy atom. The van der Waals surface area contributed by atoms with E-state index in [0.29, 0.717) is 25.5 Å². The van der Waals surface area contributed by atoms with Crippen molar-refractivity contribution in [3.8, 4) is 5.75 Å². The van der Waals surface area contributed by atoms with Gasteiger partial charge in [0, 0.05) is 11.8 Å². The van der Waals surface area contributed by atoms with Gasteiger partial charge in [-0.2, -0.15) is 0 Å². The molecular weight excluding hydrogens is 266 g/mol. The highest BCUT2D eigenvalue weighted by Gasteiger charge is 2.03. The van der Waals surface area contributed by atoms with Gasteiger partial charge in [-0.05, 0) is 44.5 Å². The van der Waals surface area contributed by atoms with Gasteiger partial charge in [-0.25, -0.2) is 4.98 Å². The van der Waals surface area contributed by atoms with Gasteiger partial charge < -0.3 is 10.5 Å². The second-order valence-electron chi connectivity index (χ2n) is 4.97. The second kappa shape index (κ2) is 7.04. The number of ether oxygens (including phenoxy) is 1. The smallest absolute Gasteiger partial charge is 0.253 e. The molecule has 0 spiro atoms. The van der Waals surface area contributed by atoms with Gasteiger partial charge in [0.1, 0.15) is 18.2 Å². The molecule has 1 aromatic heterocycles. The molecule has 0 amide bonds. The summed E-state index contributed by atoms with van der Waals surface area (Å²) in [6.45, 7) is 5.21. The topological polar surface area (TPSA) is 70.1 Å². The molecule has 0 fully saturated rings. The van der Waals surface area contributed by atoms with Crippen molar-refractivity contribution < 1.29 is 4.74 Å². The van der Waals surface area contributed by atoms with Gasteiger partial charge in [0.2, 0.25) is 0 Å². The summed E-state index contributed by atoms with van der Waals surface area (Å²) in [5.41, 5.74) is 7.41. The van der Waals surface area contributed by atoms with Gasteiger partial charge in [0.25, 0.3) is 5.56 Å². The van der Waals surface area contributed by atoms with E-state index in [1.165, 1.54) is 11.6 Å². The maximum Gasteiger partial charge on any atom is 0.253 e. The van der Waals surface area contributed by atoms with Crippen molar-refractivity contribution in [3.05, 3.63) is 57.8 Å². The van der Waals surface area contributed by atoms with Crippen LogP contribution in [0.3, 0.4) is 0 Å². The first-order valence-electron chi connectivity index (χ1n) is 7.07. The van der Waals surface area contributed by atoms with Crippen LogP contribution in [0.5, 0.6) is 5.75 Å². The average molecular weight is 287 g/mol. The van der Waals surface area contributed by atoms with E-state index in [-0.39, 0.29) is 5.56 Å². The van der Waals surface area contributed by atoms with Crippen LogP contribution < -0.4 is 16.0 Å². The third-order valence-electron chi connectivity index (χ3n) is 3.27. The first-order valence-corrected chi connectivity index (χ1v) is 7.07. The molecule has 0 unspecified atom stereocenters. The Kier molecular flexibility index (Phi) is 5.11. The molecule has 21 heavy (non-hydrogen) atoms. The Morgan fingerprint density at radius 3 is 2.57 bits per heavy atom. The SMILES string of the molecule is Cc1cc(=O)n(CCOc2ccc(CCN)cc2)c(C)n1. The van der Waals surface area contributed by atoms with Crippen molar-refractivity contribution in [1.82, 2.24) is 9.55 Å². The van der Waals surface area contributed by atoms with Gasteiger partial charge in [0.05, 0.1) is 6.54 Å². The molecular formula is C16H21N3O2. The maximum absolute atomic E-state index is 11.9. The van der Waals surface area contributed by atoms with E-state index in [9.17, 15) is 4.79 Å². The minimum absolute atomic E-state index is 0.0399. The molecule has 0 aliphatic carbocycles. The largest absolute Gasteiger partial charge is 0.492 e. The highest BCUT2D eigenvalue weighted by molar-refractivity contribution is 5.27. The lowest BCUT2D eigenvalue weighted by Gasteiger charge is -2.11. The van der Waals surface area contributed by atoms with Crippen molar-refractivity contribution in [3.63, 3.8) is 0 Å². The quantitative estimate of drug-likeness (QED) is 0.873. The van der Waals surface area contributed by atoms with Crippen LogP contribution in [-0.4, -0.2) is 22.7 Å². The molecule has 1 heterocycles. The van der Waals surface area contributed by atoms with Gasteiger partial charge in [-0.15, -0.1) is 0 Å². The lowest BCUT2D eigenvalue weighted by molar-refractivity contribution is 0.294. The summed E-state index contributed by atoms with van der Waals surface area (Å²) in [7, 11) is 0. The fraction of sp³-hybridized carbons (Fsp3) is 0.375. The zero-order valence-corrected chi connectivity index (χ0v) is 12.5. The molecule has 5 nitrogen and oxygen atoms in total. The van der Waals surface area contributed by atoms with Crippen LogP contribution in [0.4, 0.5) is 0 Å². The van der Waals surface area contributed by atoms with E-state index in [1.807, 2.05) is 38.1 Å². The van der Waals surface area contributed by atoms with Gasteiger partial charge in [0.15, 0.2) is 0 Å². The molecule has 0 aliphatic heterocycles. The monoisotopic (exact) mass is 287 g/mol. The number of benzene rings is 1. The van der Waals surface area contributed by atoms with Gasteiger partial charge in [-0.1, -0.05) is 12.1 Å². The highest BCUT2D eigenvalue weighted by atomic mass is 16.5. The fourth-order valence-electron chi connectivity index (χ4n) is 2.21. The van der Waals surface area contributed by atoms with Crippen molar-refractivity contribution in [2.75, 3.05) is 13.2 Å².